The Balaban J connectivity index is 0.00000361. The Labute approximate surface area is 196 Å². The van der Waals surface area contributed by atoms with Gasteiger partial charge in [0, 0.05) is 7.11 Å². The van der Waals surface area contributed by atoms with E-state index in [1.54, 1.807) is 0 Å². The average molecular weight is 518 g/mol. The minimum atomic E-state index is -4.93. The van der Waals surface area contributed by atoms with Gasteiger partial charge in [0.05, 0.1) is 17.1 Å². The smallest absolute Gasteiger partial charge is 0.427 e. The summed E-state index contributed by atoms with van der Waals surface area (Å²) < 4.78 is 113. The van der Waals surface area contributed by atoms with Gasteiger partial charge in [-0.2, -0.15) is 13.2 Å². The zero-order chi connectivity index (χ0) is 25.5. The summed E-state index contributed by atoms with van der Waals surface area (Å²) in [5, 5.41) is 2.18. The molecular formula is C22H16F6N2O4S. The fourth-order valence-electron chi connectivity index (χ4n) is 3.37. The van der Waals surface area contributed by atoms with Crippen LogP contribution in [0.4, 0.5) is 37.7 Å². The number of carbonyl (C=O) groups is 1. The van der Waals surface area contributed by atoms with E-state index in [1.807, 2.05) is 0 Å². The standard InChI is InChI=1S/C22H14F6N2O4S.H2/c23-12-4-7-14(8-5-12)35(32,33)30-11-19(22(26,27)28)34-18-9-6-13(10-17(18)30)29-21(31)20-15(24)2-1-3-16(20)25;/h1-10,19H,11H2,(H,29,31);1H. The van der Waals surface area contributed by atoms with Crippen molar-refractivity contribution in [1.29, 1.82) is 0 Å². The van der Waals surface area contributed by atoms with E-state index in [9.17, 15) is 39.6 Å². The number of hydrogen-bond donors (Lipinski definition) is 1. The fourth-order valence-corrected chi connectivity index (χ4v) is 4.84. The van der Waals surface area contributed by atoms with Crippen LogP contribution in [-0.4, -0.2) is 33.1 Å². The molecule has 6 nitrogen and oxygen atoms in total. The number of rotatable bonds is 4. The van der Waals surface area contributed by atoms with Crippen LogP contribution >= 0.6 is 0 Å². The van der Waals surface area contributed by atoms with Gasteiger partial charge in [-0.1, -0.05) is 6.07 Å². The summed E-state index contributed by atoms with van der Waals surface area (Å²) in [5.41, 5.74) is -1.46. The first kappa shape index (κ1) is 24.4. The molecular weight excluding hydrogens is 502 g/mol. The van der Waals surface area contributed by atoms with Crippen molar-refractivity contribution in [1.82, 2.24) is 0 Å². The van der Waals surface area contributed by atoms with Gasteiger partial charge in [0.25, 0.3) is 15.9 Å². The normalized spacial score (nSPS) is 15.8. The number of nitrogens with zero attached hydrogens (tertiary/aromatic N) is 1. The van der Waals surface area contributed by atoms with E-state index in [2.05, 4.69) is 5.32 Å². The first-order valence-electron chi connectivity index (χ1n) is 9.79. The van der Waals surface area contributed by atoms with Crippen molar-refractivity contribution in [3.8, 4) is 5.75 Å². The van der Waals surface area contributed by atoms with Gasteiger partial charge in [0.15, 0.2) is 0 Å². The van der Waals surface area contributed by atoms with E-state index in [-0.39, 0.29) is 12.8 Å². The number of carbonyl (C=O) groups excluding carboxylic acids is 1. The molecule has 35 heavy (non-hydrogen) atoms. The zero-order valence-electron chi connectivity index (χ0n) is 17.3. The molecule has 4 rings (SSSR count). The molecule has 0 spiro atoms. The first-order valence-corrected chi connectivity index (χ1v) is 11.2. The maximum Gasteiger partial charge on any atom is 0.427 e. The van der Waals surface area contributed by atoms with Gasteiger partial charge in [-0.25, -0.2) is 21.6 Å². The number of amides is 1. The summed E-state index contributed by atoms with van der Waals surface area (Å²) in [6.07, 6.45) is -7.44. The molecule has 1 N–H and O–H groups in total. The lowest BCUT2D eigenvalue weighted by molar-refractivity contribution is -0.192. The fraction of sp³-hybridized carbons (Fsp3) is 0.136. The Morgan fingerprint density at radius 3 is 2.23 bits per heavy atom. The molecule has 0 aliphatic carbocycles. The summed E-state index contributed by atoms with van der Waals surface area (Å²) in [4.78, 5) is 11.9. The molecule has 0 saturated carbocycles. The lowest BCUT2D eigenvalue weighted by Crippen LogP contribution is -2.50. The van der Waals surface area contributed by atoms with Crippen molar-refractivity contribution in [2.24, 2.45) is 0 Å². The molecule has 13 heteroatoms. The van der Waals surface area contributed by atoms with Crippen molar-refractivity contribution < 1.29 is 45.7 Å². The second-order valence-corrected chi connectivity index (χ2v) is 9.23. The van der Waals surface area contributed by atoms with E-state index in [1.165, 1.54) is 0 Å². The van der Waals surface area contributed by atoms with Gasteiger partial charge < -0.3 is 10.1 Å². The molecule has 0 radical (unpaired) electrons. The summed E-state index contributed by atoms with van der Waals surface area (Å²) in [5.74, 6) is -4.75. The molecule has 0 bridgehead atoms. The second kappa shape index (κ2) is 8.80. The molecule has 0 aromatic heterocycles. The summed E-state index contributed by atoms with van der Waals surface area (Å²) in [6.45, 7) is -1.17. The van der Waals surface area contributed by atoms with Crippen LogP contribution in [0.25, 0.3) is 0 Å². The lowest BCUT2D eigenvalue weighted by atomic mass is 10.1. The van der Waals surface area contributed by atoms with E-state index in [0.29, 0.717) is 4.31 Å². The van der Waals surface area contributed by atoms with Gasteiger partial charge in [0.2, 0.25) is 6.10 Å². The number of benzene rings is 3. The van der Waals surface area contributed by atoms with Gasteiger partial charge in [0.1, 0.15) is 28.8 Å². The highest BCUT2D eigenvalue weighted by molar-refractivity contribution is 7.92. The van der Waals surface area contributed by atoms with Crippen LogP contribution in [-0.2, 0) is 10.0 Å². The van der Waals surface area contributed by atoms with Crippen LogP contribution in [0.15, 0.2) is 65.6 Å². The number of anilines is 2. The van der Waals surface area contributed by atoms with Crippen molar-refractivity contribution in [3.05, 3.63) is 83.7 Å². The van der Waals surface area contributed by atoms with Gasteiger partial charge >= 0.3 is 6.18 Å². The second-order valence-electron chi connectivity index (χ2n) is 7.37. The zero-order valence-corrected chi connectivity index (χ0v) is 18.1. The number of nitrogens with one attached hydrogen (secondary N) is 1. The molecule has 1 aliphatic rings. The van der Waals surface area contributed by atoms with Crippen LogP contribution in [0.3, 0.4) is 0 Å². The Morgan fingerprint density at radius 1 is 1.00 bits per heavy atom. The quantitative estimate of drug-likeness (QED) is 0.487. The van der Waals surface area contributed by atoms with Crippen LogP contribution in [0.5, 0.6) is 5.75 Å². The highest BCUT2D eigenvalue weighted by atomic mass is 32.2. The molecule has 1 atom stereocenters. The van der Waals surface area contributed by atoms with E-state index < -0.39 is 68.4 Å². The molecule has 0 fully saturated rings. The van der Waals surface area contributed by atoms with Gasteiger partial charge in [-0.05, 0) is 54.6 Å². The molecule has 1 heterocycles. The lowest BCUT2D eigenvalue weighted by Gasteiger charge is -2.36. The maximum absolute atomic E-state index is 13.9. The van der Waals surface area contributed by atoms with Crippen LogP contribution in [0.1, 0.15) is 11.8 Å². The first-order chi connectivity index (χ1) is 16.4. The molecule has 186 valence electrons. The maximum atomic E-state index is 13.9. The molecule has 1 amide bonds. The molecule has 1 aliphatic heterocycles. The Bertz CT molecular complexity index is 1380. The SMILES string of the molecule is O=C(Nc1ccc2c(c1)N(S(=O)(=O)c1ccc(F)cc1)CC(C(F)(F)F)O2)c1c(F)cccc1F.[HH]. The third kappa shape index (κ3) is 4.76. The highest BCUT2D eigenvalue weighted by Crippen LogP contribution is 2.42. The van der Waals surface area contributed by atoms with Crippen molar-refractivity contribution in [2.75, 3.05) is 16.2 Å². The van der Waals surface area contributed by atoms with E-state index >= 15 is 0 Å². The van der Waals surface area contributed by atoms with Crippen LogP contribution in [0.2, 0.25) is 0 Å². The highest BCUT2D eigenvalue weighted by Gasteiger charge is 2.48. The monoisotopic (exact) mass is 518 g/mol. The summed E-state index contributed by atoms with van der Waals surface area (Å²) in [6, 6.07) is 9.23. The van der Waals surface area contributed by atoms with Crippen LogP contribution < -0.4 is 14.4 Å². The predicted molar refractivity (Wildman–Crippen MR) is 114 cm³/mol. The van der Waals surface area contributed by atoms with E-state index in [4.69, 9.17) is 4.74 Å². The number of ether oxygens (including phenoxy) is 1. The Kier molecular flexibility index (Phi) is 6.13. The third-order valence-electron chi connectivity index (χ3n) is 5.04. The topological polar surface area (TPSA) is 75.7 Å². The number of halogens is 6. The van der Waals surface area contributed by atoms with E-state index in [0.717, 1.165) is 60.7 Å². The van der Waals surface area contributed by atoms with Crippen molar-refractivity contribution >= 4 is 27.3 Å². The van der Waals surface area contributed by atoms with Crippen molar-refractivity contribution in [2.45, 2.75) is 17.2 Å². The molecule has 1 unspecified atom stereocenters. The van der Waals surface area contributed by atoms with Crippen LogP contribution in [0, 0.1) is 17.5 Å². The van der Waals surface area contributed by atoms with Gasteiger partial charge in [-0.3, -0.25) is 9.10 Å². The Morgan fingerprint density at radius 2 is 1.63 bits per heavy atom. The molecule has 3 aromatic carbocycles. The largest absolute Gasteiger partial charge is 0.477 e. The minimum absolute atomic E-state index is 0. The summed E-state index contributed by atoms with van der Waals surface area (Å²) in [7, 11) is -4.64. The third-order valence-corrected chi connectivity index (χ3v) is 6.84. The van der Waals surface area contributed by atoms with Gasteiger partial charge in [-0.15, -0.1) is 0 Å². The number of sulfonamides is 1. The number of hydrogen-bond acceptors (Lipinski definition) is 4. The average Bonchev–Trinajstić information content (AvgIpc) is 2.78. The van der Waals surface area contributed by atoms with Crippen molar-refractivity contribution in [3.63, 3.8) is 0 Å². The predicted octanol–water partition coefficient (Wildman–Crippen LogP) is 5.12. The molecule has 3 aromatic rings. The summed E-state index contributed by atoms with van der Waals surface area (Å²) >= 11 is 0. The Hall–Kier alpha value is -3.74. The molecule has 0 saturated heterocycles. The number of fused-ring (bicyclic) bond motifs is 1. The number of alkyl halides is 3. The minimum Gasteiger partial charge on any atom is -0.477 e.